The Balaban J connectivity index is 1.14. The van der Waals surface area contributed by atoms with Crippen molar-refractivity contribution in [2.75, 3.05) is 4.90 Å². The molecule has 0 amide bonds. The quantitative estimate of drug-likeness (QED) is 0.175. The molecule has 58 heavy (non-hydrogen) atoms. The van der Waals surface area contributed by atoms with E-state index in [-0.39, 0.29) is 5.41 Å². The average Bonchev–Trinajstić information content (AvgIpc) is 3.90. The monoisotopic (exact) mass is 742 g/mol. The van der Waals surface area contributed by atoms with Gasteiger partial charge in [0.2, 0.25) is 0 Å². The van der Waals surface area contributed by atoms with Gasteiger partial charge in [0.15, 0.2) is 0 Å². The highest BCUT2D eigenvalue weighted by molar-refractivity contribution is 6.22. The predicted octanol–water partition coefficient (Wildman–Crippen LogP) is 15.3. The summed E-state index contributed by atoms with van der Waals surface area (Å²) in [4.78, 5) is 2.43. The molecule has 11 aromatic rings. The van der Waals surface area contributed by atoms with Gasteiger partial charge in [-0.25, -0.2) is 0 Å². The summed E-state index contributed by atoms with van der Waals surface area (Å²) in [5, 5.41) is 6.89. The van der Waals surface area contributed by atoms with E-state index in [1.54, 1.807) is 0 Å². The van der Waals surface area contributed by atoms with E-state index >= 15 is 0 Å². The van der Waals surface area contributed by atoms with Crippen molar-refractivity contribution in [2.45, 2.75) is 19.3 Å². The predicted molar refractivity (Wildman–Crippen MR) is 243 cm³/mol. The standard InChI is InChI=1S/C55H38N2O/c1-55(2)46-22-11-8-17-39(46)40-32-31-38(33-47(40)55)56(37-29-27-36(28-30-37)35-15-4-3-5-16-35)50-25-14-26-52-53(50)45-34-51(43-20-6-7-21-44(43)54(45)58-52)57-48-23-12-9-18-41(48)42-19-10-13-24-49(42)57/h3-34H,1-2H3. The zero-order valence-electron chi connectivity index (χ0n) is 32.3. The molecule has 0 fully saturated rings. The number of hydrogen-bond donors (Lipinski definition) is 0. The van der Waals surface area contributed by atoms with Crippen LogP contribution in [0.2, 0.25) is 0 Å². The molecule has 2 aromatic heterocycles. The molecule has 3 nitrogen and oxygen atoms in total. The summed E-state index contributed by atoms with van der Waals surface area (Å²) in [6.07, 6.45) is 0. The van der Waals surface area contributed by atoms with Crippen LogP contribution in [-0.2, 0) is 5.41 Å². The Morgan fingerprint density at radius 2 is 1.05 bits per heavy atom. The molecule has 0 N–H and O–H groups in total. The summed E-state index contributed by atoms with van der Waals surface area (Å²) in [7, 11) is 0. The van der Waals surface area contributed by atoms with Crippen molar-refractivity contribution in [3.8, 4) is 27.9 Å². The first-order valence-electron chi connectivity index (χ1n) is 20.1. The number of furan rings is 1. The molecular formula is C55H38N2O. The lowest BCUT2D eigenvalue weighted by Gasteiger charge is -2.29. The third kappa shape index (κ3) is 4.68. The van der Waals surface area contributed by atoms with Crippen LogP contribution in [0.1, 0.15) is 25.0 Å². The summed E-state index contributed by atoms with van der Waals surface area (Å²) in [5.74, 6) is 0. The summed E-state index contributed by atoms with van der Waals surface area (Å²) in [6, 6.07) is 70.6. The van der Waals surface area contributed by atoms with Gasteiger partial charge in [0.05, 0.1) is 27.8 Å². The maximum absolute atomic E-state index is 6.97. The van der Waals surface area contributed by atoms with Gasteiger partial charge in [-0.15, -0.1) is 0 Å². The average molecular weight is 743 g/mol. The minimum atomic E-state index is -0.144. The minimum Gasteiger partial charge on any atom is -0.455 e. The van der Waals surface area contributed by atoms with Crippen molar-refractivity contribution in [1.82, 2.24) is 4.57 Å². The number of para-hydroxylation sites is 2. The van der Waals surface area contributed by atoms with Crippen molar-refractivity contribution in [3.05, 3.63) is 205 Å². The zero-order valence-corrected chi connectivity index (χ0v) is 32.3. The van der Waals surface area contributed by atoms with E-state index < -0.39 is 0 Å². The van der Waals surface area contributed by atoms with Gasteiger partial charge in [0, 0.05) is 43.7 Å². The lowest BCUT2D eigenvalue weighted by molar-refractivity contribution is 0.660. The van der Waals surface area contributed by atoms with Crippen LogP contribution in [0.25, 0.3) is 82.5 Å². The second kappa shape index (κ2) is 12.3. The third-order valence-corrected chi connectivity index (χ3v) is 12.6. The number of benzene rings is 9. The Morgan fingerprint density at radius 1 is 0.448 bits per heavy atom. The first-order valence-corrected chi connectivity index (χ1v) is 20.1. The van der Waals surface area contributed by atoms with E-state index in [4.69, 9.17) is 4.42 Å². The van der Waals surface area contributed by atoms with Gasteiger partial charge in [-0.2, -0.15) is 0 Å². The van der Waals surface area contributed by atoms with Crippen molar-refractivity contribution in [3.63, 3.8) is 0 Å². The molecule has 12 rings (SSSR count). The molecule has 2 heterocycles. The van der Waals surface area contributed by atoms with Crippen LogP contribution >= 0.6 is 0 Å². The molecule has 1 aliphatic rings. The lowest BCUT2D eigenvalue weighted by atomic mass is 9.82. The second-order valence-electron chi connectivity index (χ2n) is 16.1. The molecule has 0 saturated carbocycles. The number of fused-ring (bicyclic) bond motifs is 11. The lowest BCUT2D eigenvalue weighted by Crippen LogP contribution is -2.16. The van der Waals surface area contributed by atoms with E-state index in [9.17, 15) is 0 Å². The molecule has 0 unspecified atom stereocenters. The fraction of sp³-hybridized carbons (Fsp3) is 0.0545. The van der Waals surface area contributed by atoms with Gasteiger partial charge < -0.3 is 13.9 Å². The highest BCUT2D eigenvalue weighted by Gasteiger charge is 2.36. The summed E-state index contributed by atoms with van der Waals surface area (Å²) >= 11 is 0. The van der Waals surface area contributed by atoms with Gasteiger partial charge in [-0.1, -0.05) is 153 Å². The van der Waals surface area contributed by atoms with Gasteiger partial charge in [-0.3, -0.25) is 0 Å². The topological polar surface area (TPSA) is 21.3 Å². The molecule has 0 aliphatic heterocycles. The number of rotatable bonds is 5. The SMILES string of the molecule is CC1(C)c2ccccc2-c2ccc(N(c3ccc(-c4ccccc4)cc3)c3cccc4oc5c6ccccc6c(-n6c7ccccc7c7ccccc76)cc5c34)cc21. The van der Waals surface area contributed by atoms with Gasteiger partial charge in [0.25, 0.3) is 0 Å². The van der Waals surface area contributed by atoms with Crippen molar-refractivity contribution in [2.24, 2.45) is 0 Å². The molecule has 0 atom stereocenters. The first kappa shape index (κ1) is 32.8. The molecular weight excluding hydrogens is 705 g/mol. The Morgan fingerprint density at radius 3 is 1.81 bits per heavy atom. The maximum atomic E-state index is 6.97. The fourth-order valence-corrected chi connectivity index (χ4v) is 9.86. The number of nitrogens with zero attached hydrogens (tertiary/aromatic N) is 2. The maximum Gasteiger partial charge on any atom is 0.143 e. The fourth-order valence-electron chi connectivity index (χ4n) is 9.86. The Hall–Kier alpha value is -7.36. The zero-order chi connectivity index (χ0) is 38.5. The largest absolute Gasteiger partial charge is 0.455 e. The molecule has 1 aliphatic carbocycles. The molecule has 0 saturated heterocycles. The Kier molecular flexibility index (Phi) is 6.98. The minimum absolute atomic E-state index is 0.144. The van der Waals surface area contributed by atoms with Crippen molar-refractivity contribution in [1.29, 1.82) is 0 Å². The van der Waals surface area contributed by atoms with Crippen LogP contribution in [0.3, 0.4) is 0 Å². The Labute approximate surface area is 336 Å². The van der Waals surface area contributed by atoms with Crippen LogP contribution in [0.5, 0.6) is 0 Å². The summed E-state index contributed by atoms with van der Waals surface area (Å²) in [6.45, 7) is 4.71. The van der Waals surface area contributed by atoms with Gasteiger partial charge in [-0.05, 0) is 88.0 Å². The third-order valence-electron chi connectivity index (χ3n) is 12.6. The van der Waals surface area contributed by atoms with Crippen LogP contribution in [0.15, 0.2) is 199 Å². The van der Waals surface area contributed by atoms with Crippen molar-refractivity contribution >= 4 is 71.6 Å². The van der Waals surface area contributed by atoms with E-state index in [2.05, 4.69) is 217 Å². The van der Waals surface area contributed by atoms with Crippen LogP contribution in [-0.4, -0.2) is 4.57 Å². The van der Waals surface area contributed by atoms with Crippen LogP contribution in [0, 0.1) is 0 Å². The highest BCUT2D eigenvalue weighted by atomic mass is 16.3. The van der Waals surface area contributed by atoms with Gasteiger partial charge in [0.1, 0.15) is 11.2 Å². The molecule has 0 radical (unpaired) electrons. The van der Waals surface area contributed by atoms with E-state index in [0.717, 1.165) is 55.5 Å². The second-order valence-corrected chi connectivity index (χ2v) is 16.1. The van der Waals surface area contributed by atoms with Crippen LogP contribution < -0.4 is 4.90 Å². The number of hydrogen-bond acceptors (Lipinski definition) is 2. The molecule has 9 aromatic carbocycles. The highest BCUT2D eigenvalue weighted by Crippen LogP contribution is 2.52. The smallest absolute Gasteiger partial charge is 0.143 e. The van der Waals surface area contributed by atoms with Gasteiger partial charge >= 0.3 is 0 Å². The van der Waals surface area contributed by atoms with E-state index in [1.807, 2.05) is 0 Å². The first-order chi connectivity index (χ1) is 28.5. The molecule has 0 bridgehead atoms. The van der Waals surface area contributed by atoms with Crippen LogP contribution in [0.4, 0.5) is 17.1 Å². The van der Waals surface area contributed by atoms with Crippen molar-refractivity contribution < 1.29 is 4.42 Å². The van der Waals surface area contributed by atoms with E-state index in [1.165, 1.54) is 55.2 Å². The normalized spacial score (nSPS) is 13.1. The summed E-state index contributed by atoms with van der Waals surface area (Å²) in [5.41, 5.74) is 16.1. The molecule has 274 valence electrons. The molecule has 3 heteroatoms. The Bertz CT molecular complexity index is 3370. The number of anilines is 3. The summed E-state index contributed by atoms with van der Waals surface area (Å²) < 4.78 is 9.40. The number of aromatic nitrogens is 1. The van der Waals surface area contributed by atoms with E-state index in [0.29, 0.717) is 0 Å². The molecule has 0 spiro atoms.